The number of amides is 2. The topological polar surface area (TPSA) is 96.4 Å². The fourth-order valence-electron chi connectivity index (χ4n) is 7.36. The highest BCUT2D eigenvalue weighted by Crippen LogP contribution is 2.63. The second-order valence-electron chi connectivity index (χ2n) is 12.2. The van der Waals surface area contributed by atoms with Crippen LogP contribution in [-0.4, -0.2) is 82.3 Å². The molecule has 6 atom stereocenters. The van der Waals surface area contributed by atoms with Gasteiger partial charge in [-0.05, 0) is 57.4 Å². The molecule has 0 saturated carbocycles. The summed E-state index contributed by atoms with van der Waals surface area (Å²) in [6, 6.07) is 8.03. The van der Waals surface area contributed by atoms with Crippen LogP contribution in [0.1, 0.15) is 70.8 Å². The van der Waals surface area contributed by atoms with Gasteiger partial charge in [0.05, 0.1) is 30.8 Å². The Morgan fingerprint density at radius 3 is 2.60 bits per heavy atom. The van der Waals surface area contributed by atoms with Crippen LogP contribution in [-0.2, 0) is 30.3 Å². The number of benzene rings is 1. The second kappa shape index (κ2) is 14.0. The fraction of sp³-hybridized carbons (Fsp3) is 0.618. The van der Waals surface area contributed by atoms with Crippen molar-refractivity contribution in [1.29, 1.82) is 0 Å². The van der Waals surface area contributed by atoms with Gasteiger partial charge in [0, 0.05) is 13.1 Å². The molecule has 1 spiro atoms. The van der Waals surface area contributed by atoms with Crippen LogP contribution in [0.15, 0.2) is 55.6 Å². The highest BCUT2D eigenvalue weighted by molar-refractivity contribution is 5.98. The van der Waals surface area contributed by atoms with Crippen LogP contribution in [0, 0.1) is 11.8 Å². The molecule has 2 bridgehead atoms. The summed E-state index contributed by atoms with van der Waals surface area (Å²) in [5.74, 6) is -2.64. The van der Waals surface area contributed by atoms with Crippen LogP contribution < -0.4 is 0 Å². The fourth-order valence-corrected chi connectivity index (χ4v) is 7.36. The summed E-state index contributed by atoms with van der Waals surface area (Å²) >= 11 is 0. The van der Waals surface area contributed by atoms with E-state index in [0.29, 0.717) is 38.8 Å². The number of aliphatic hydroxyl groups is 1. The predicted octanol–water partition coefficient (Wildman–Crippen LogP) is 4.46. The number of ether oxygens (including phenoxy) is 2. The minimum Gasteiger partial charge on any atom is -0.465 e. The van der Waals surface area contributed by atoms with Gasteiger partial charge in [-0.1, -0.05) is 62.2 Å². The number of likely N-dealkylation sites (tertiary alicyclic amines) is 1. The first kappa shape index (κ1) is 32.0. The largest absolute Gasteiger partial charge is 0.465 e. The first-order valence-electron chi connectivity index (χ1n) is 15.6. The lowest BCUT2D eigenvalue weighted by molar-refractivity contribution is -0.162. The van der Waals surface area contributed by atoms with Crippen molar-refractivity contribution in [2.24, 2.45) is 11.8 Å². The molecule has 1 aromatic rings. The van der Waals surface area contributed by atoms with Crippen molar-refractivity contribution in [3.05, 3.63) is 61.2 Å². The Kier molecular flexibility index (Phi) is 10.7. The van der Waals surface area contributed by atoms with Crippen molar-refractivity contribution < 1.29 is 29.0 Å². The van der Waals surface area contributed by atoms with Gasteiger partial charge in [0.15, 0.2) is 0 Å². The Morgan fingerprint density at radius 2 is 1.93 bits per heavy atom. The highest BCUT2D eigenvalue weighted by atomic mass is 16.6. The van der Waals surface area contributed by atoms with E-state index in [1.54, 1.807) is 15.9 Å². The number of nitrogens with zero attached hydrogens (tertiary/aromatic N) is 2. The van der Waals surface area contributed by atoms with E-state index in [4.69, 9.17) is 9.47 Å². The Labute approximate surface area is 250 Å². The quantitative estimate of drug-likeness (QED) is 0.166. The summed E-state index contributed by atoms with van der Waals surface area (Å²) in [7, 11) is 0. The number of carbonyl (C=O) groups is 3. The van der Waals surface area contributed by atoms with Crippen LogP contribution in [0.5, 0.6) is 0 Å². The van der Waals surface area contributed by atoms with Gasteiger partial charge in [-0.15, -0.1) is 13.2 Å². The molecule has 1 aromatic carbocycles. The van der Waals surface area contributed by atoms with E-state index < -0.39 is 41.1 Å². The molecule has 2 amide bonds. The maximum absolute atomic E-state index is 14.5. The average Bonchev–Trinajstić information content (AvgIpc) is 3.56. The van der Waals surface area contributed by atoms with E-state index in [1.165, 1.54) is 0 Å². The number of hydrogen-bond acceptors (Lipinski definition) is 6. The van der Waals surface area contributed by atoms with Crippen molar-refractivity contribution in [2.45, 2.75) is 94.9 Å². The van der Waals surface area contributed by atoms with Gasteiger partial charge >= 0.3 is 5.97 Å². The van der Waals surface area contributed by atoms with Gasteiger partial charge in [-0.25, -0.2) is 0 Å². The molecule has 8 heteroatoms. The highest BCUT2D eigenvalue weighted by Gasteiger charge is 2.79. The molecule has 3 fully saturated rings. The third-order valence-corrected chi connectivity index (χ3v) is 9.36. The number of allylic oxidation sites excluding steroid dienone is 1. The Balaban J connectivity index is 1.71. The lowest BCUT2D eigenvalue weighted by atomic mass is 9.66. The molecule has 3 saturated heterocycles. The monoisotopic (exact) mass is 580 g/mol. The van der Waals surface area contributed by atoms with Crippen molar-refractivity contribution in [1.82, 2.24) is 9.80 Å². The lowest BCUT2D eigenvalue weighted by Crippen LogP contribution is -2.59. The maximum Gasteiger partial charge on any atom is 0.312 e. The summed E-state index contributed by atoms with van der Waals surface area (Å²) < 4.78 is 12.5. The van der Waals surface area contributed by atoms with Crippen molar-refractivity contribution >= 4 is 17.8 Å². The van der Waals surface area contributed by atoms with E-state index in [1.807, 2.05) is 43.3 Å². The molecule has 0 aromatic heterocycles. The molecule has 2 unspecified atom stereocenters. The van der Waals surface area contributed by atoms with E-state index in [2.05, 4.69) is 20.1 Å². The zero-order valence-electron chi connectivity index (χ0n) is 25.3. The van der Waals surface area contributed by atoms with Crippen LogP contribution in [0.25, 0.3) is 0 Å². The molecule has 1 N–H and O–H groups in total. The molecule has 3 aliphatic heterocycles. The second-order valence-corrected chi connectivity index (χ2v) is 12.2. The Bertz CT molecular complexity index is 1120. The summed E-state index contributed by atoms with van der Waals surface area (Å²) in [6.07, 6.45) is 10.2. The number of fused-ring (bicyclic) bond motifs is 1. The van der Waals surface area contributed by atoms with Gasteiger partial charge in [-0.2, -0.15) is 0 Å². The molecular weight excluding hydrogens is 532 g/mol. The minimum atomic E-state index is -1.16. The zero-order valence-corrected chi connectivity index (χ0v) is 25.3. The molecular formula is C34H48N2O6. The van der Waals surface area contributed by atoms with Crippen LogP contribution in [0.3, 0.4) is 0 Å². The van der Waals surface area contributed by atoms with E-state index in [-0.39, 0.29) is 25.0 Å². The van der Waals surface area contributed by atoms with Gasteiger partial charge in [0.2, 0.25) is 11.8 Å². The number of unbranched alkanes of at least 4 members (excludes halogenated alkanes) is 4. The number of aliphatic hydroxyl groups excluding tert-OH is 1. The first-order valence-corrected chi connectivity index (χ1v) is 15.6. The van der Waals surface area contributed by atoms with Crippen LogP contribution in [0.4, 0.5) is 0 Å². The Morgan fingerprint density at radius 1 is 1.17 bits per heavy atom. The zero-order chi connectivity index (χ0) is 30.3. The molecule has 3 aliphatic rings. The van der Waals surface area contributed by atoms with Crippen molar-refractivity contribution in [3.8, 4) is 0 Å². The molecule has 0 aliphatic carbocycles. The first-order chi connectivity index (χ1) is 20.3. The van der Waals surface area contributed by atoms with Crippen molar-refractivity contribution in [3.63, 3.8) is 0 Å². The molecule has 3 heterocycles. The maximum atomic E-state index is 14.5. The van der Waals surface area contributed by atoms with Gasteiger partial charge in [-0.3, -0.25) is 14.4 Å². The smallest absolute Gasteiger partial charge is 0.312 e. The summed E-state index contributed by atoms with van der Waals surface area (Å²) in [6.45, 7) is 12.4. The van der Waals surface area contributed by atoms with Crippen LogP contribution >= 0.6 is 0 Å². The van der Waals surface area contributed by atoms with Crippen LogP contribution in [0.2, 0.25) is 0 Å². The standard InChI is InChI=1S/C34H48N2O6/c1-5-8-10-15-22-41-32(40)28-27-30(38)36(26(24-37)23-25-16-12-11-13-17-25)29(34(27)19-18-33(28,4)42-34)31(39)35(20-7-3)21-14-9-6-2/h5,7,11-13,16-17,26-29,37H,1,3,6,8-10,14-15,18-24H2,2,4H3/t26-,27+,28-,29?,33+,34?/m1/s1. The number of rotatable bonds is 17. The minimum absolute atomic E-state index is 0.212. The third kappa shape index (κ3) is 6.06. The van der Waals surface area contributed by atoms with E-state index in [9.17, 15) is 19.5 Å². The average molecular weight is 581 g/mol. The Hall–Kier alpha value is -2.97. The number of esters is 1. The number of carbonyl (C=O) groups excluding carboxylic acids is 3. The summed E-state index contributed by atoms with van der Waals surface area (Å²) in [5.41, 5.74) is -1.12. The van der Waals surface area contributed by atoms with Gasteiger partial charge in [0.25, 0.3) is 0 Å². The molecule has 8 nitrogen and oxygen atoms in total. The number of hydrogen-bond donors (Lipinski definition) is 1. The molecule has 4 rings (SSSR count). The SMILES string of the molecule is C=CCCCCOC(=O)[C@H]1[C@H]2C(=O)N([C@@H](CO)Cc3ccccc3)C(C(=O)N(CC=C)CCCCC)C23CC[C@]1(C)O3. The van der Waals surface area contributed by atoms with Crippen molar-refractivity contribution in [2.75, 3.05) is 26.3 Å². The van der Waals surface area contributed by atoms with E-state index in [0.717, 1.165) is 37.7 Å². The molecule has 0 radical (unpaired) electrons. The summed E-state index contributed by atoms with van der Waals surface area (Å²) in [5, 5.41) is 10.6. The predicted molar refractivity (Wildman–Crippen MR) is 161 cm³/mol. The van der Waals surface area contributed by atoms with E-state index >= 15 is 0 Å². The van der Waals surface area contributed by atoms with Gasteiger partial charge < -0.3 is 24.4 Å². The van der Waals surface area contributed by atoms with Gasteiger partial charge in [0.1, 0.15) is 17.6 Å². The lowest BCUT2D eigenvalue weighted by Gasteiger charge is -2.39. The molecule has 230 valence electrons. The normalized spacial score (nSPS) is 28.4. The molecule has 42 heavy (non-hydrogen) atoms. The third-order valence-electron chi connectivity index (χ3n) is 9.36. The summed E-state index contributed by atoms with van der Waals surface area (Å²) in [4.78, 5) is 46.0.